The van der Waals surface area contributed by atoms with Gasteiger partial charge in [0.15, 0.2) is 0 Å². The minimum absolute atomic E-state index is 0.0524. The van der Waals surface area contributed by atoms with Gasteiger partial charge in [0.2, 0.25) is 5.91 Å². The molecule has 2 heterocycles. The first-order chi connectivity index (χ1) is 10.5. The van der Waals surface area contributed by atoms with Crippen LogP contribution in [0.15, 0.2) is 30.5 Å². The fourth-order valence-electron chi connectivity index (χ4n) is 2.95. The van der Waals surface area contributed by atoms with Crippen molar-refractivity contribution in [1.29, 1.82) is 0 Å². The first kappa shape index (κ1) is 14.9. The number of aromatic nitrogens is 1. The largest absolute Gasteiger partial charge is 0.481 e. The lowest BCUT2D eigenvalue weighted by molar-refractivity contribution is -0.145. The standard InChI is InChI=1S/C16H17ClN2O3/c17-13-4-3-11-5-7-18(14(11)8-13)10-15(20)19-6-1-2-12(9-19)16(21)22/h3-5,7-8,12H,1-2,6,9-10H2,(H,21,22). The zero-order valence-electron chi connectivity index (χ0n) is 12.0. The number of hydrogen-bond acceptors (Lipinski definition) is 2. The van der Waals surface area contributed by atoms with E-state index in [9.17, 15) is 9.59 Å². The Balaban J connectivity index is 1.75. The van der Waals surface area contributed by atoms with Crippen LogP contribution in [0.2, 0.25) is 5.02 Å². The number of carboxylic acids is 1. The van der Waals surface area contributed by atoms with E-state index in [1.54, 1.807) is 4.90 Å². The highest BCUT2D eigenvalue weighted by molar-refractivity contribution is 6.31. The molecule has 1 aromatic carbocycles. The van der Waals surface area contributed by atoms with Crippen LogP contribution in [0, 0.1) is 5.92 Å². The number of aliphatic carboxylic acids is 1. The third-order valence-corrected chi connectivity index (χ3v) is 4.40. The lowest BCUT2D eigenvalue weighted by Crippen LogP contribution is -2.43. The average molecular weight is 321 g/mol. The Morgan fingerprint density at radius 1 is 1.32 bits per heavy atom. The van der Waals surface area contributed by atoms with Gasteiger partial charge in [0.1, 0.15) is 6.54 Å². The lowest BCUT2D eigenvalue weighted by atomic mass is 9.98. The van der Waals surface area contributed by atoms with Crippen LogP contribution in [-0.2, 0) is 16.1 Å². The van der Waals surface area contributed by atoms with Gasteiger partial charge >= 0.3 is 5.97 Å². The molecule has 2 aromatic rings. The predicted octanol–water partition coefficient (Wildman–Crippen LogP) is 2.62. The van der Waals surface area contributed by atoms with Crippen molar-refractivity contribution in [2.24, 2.45) is 5.92 Å². The van der Waals surface area contributed by atoms with Crippen molar-refractivity contribution in [2.45, 2.75) is 19.4 Å². The second kappa shape index (κ2) is 6.01. The summed E-state index contributed by atoms with van der Waals surface area (Å²) in [4.78, 5) is 25.2. The molecule has 3 rings (SSSR count). The van der Waals surface area contributed by atoms with Crippen LogP contribution < -0.4 is 0 Å². The first-order valence-corrected chi connectivity index (χ1v) is 7.67. The SMILES string of the molecule is O=C(O)C1CCCN(C(=O)Cn2ccc3ccc(Cl)cc32)C1. The van der Waals surface area contributed by atoms with Crippen LogP contribution in [0.1, 0.15) is 12.8 Å². The number of piperidine rings is 1. The Morgan fingerprint density at radius 3 is 2.91 bits per heavy atom. The van der Waals surface area contributed by atoms with E-state index >= 15 is 0 Å². The molecule has 1 amide bonds. The Hall–Kier alpha value is -2.01. The molecule has 1 aromatic heterocycles. The first-order valence-electron chi connectivity index (χ1n) is 7.29. The number of rotatable bonds is 3. The average Bonchev–Trinajstić information content (AvgIpc) is 2.89. The highest BCUT2D eigenvalue weighted by Crippen LogP contribution is 2.22. The van der Waals surface area contributed by atoms with Crippen LogP contribution in [0.4, 0.5) is 0 Å². The van der Waals surface area contributed by atoms with Gasteiger partial charge in [0.05, 0.1) is 5.92 Å². The summed E-state index contributed by atoms with van der Waals surface area (Å²) in [7, 11) is 0. The van der Waals surface area contributed by atoms with E-state index in [0.29, 0.717) is 24.5 Å². The topological polar surface area (TPSA) is 62.5 Å². The fourth-order valence-corrected chi connectivity index (χ4v) is 3.11. The zero-order chi connectivity index (χ0) is 15.7. The predicted molar refractivity (Wildman–Crippen MR) is 83.9 cm³/mol. The minimum atomic E-state index is -0.823. The summed E-state index contributed by atoms with van der Waals surface area (Å²) in [6.07, 6.45) is 3.24. The summed E-state index contributed by atoms with van der Waals surface area (Å²) < 4.78 is 1.86. The number of benzene rings is 1. The van der Waals surface area contributed by atoms with E-state index in [4.69, 9.17) is 16.7 Å². The molecule has 0 aliphatic carbocycles. The number of nitrogens with zero attached hydrogens (tertiary/aromatic N) is 2. The van der Waals surface area contributed by atoms with Gasteiger partial charge in [0, 0.05) is 29.8 Å². The highest BCUT2D eigenvalue weighted by Gasteiger charge is 2.28. The molecule has 0 radical (unpaired) electrons. The van der Waals surface area contributed by atoms with E-state index < -0.39 is 11.9 Å². The maximum atomic E-state index is 12.4. The van der Waals surface area contributed by atoms with Gasteiger partial charge in [-0.2, -0.15) is 0 Å². The molecule has 22 heavy (non-hydrogen) atoms. The quantitative estimate of drug-likeness (QED) is 0.945. The van der Waals surface area contributed by atoms with Gasteiger partial charge < -0.3 is 14.6 Å². The molecule has 0 saturated carbocycles. The summed E-state index contributed by atoms with van der Waals surface area (Å²) in [5, 5.41) is 10.8. The molecule has 1 fully saturated rings. The molecule has 1 saturated heterocycles. The van der Waals surface area contributed by atoms with Crippen molar-refractivity contribution in [2.75, 3.05) is 13.1 Å². The number of carbonyl (C=O) groups excluding carboxylic acids is 1. The summed E-state index contributed by atoms with van der Waals surface area (Å²) in [5.41, 5.74) is 0.910. The number of likely N-dealkylation sites (tertiary alicyclic amines) is 1. The summed E-state index contributed by atoms with van der Waals surface area (Å²) in [5.74, 6) is -1.33. The van der Waals surface area contributed by atoms with Gasteiger partial charge in [-0.25, -0.2) is 0 Å². The maximum absolute atomic E-state index is 12.4. The van der Waals surface area contributed by atoms with E-state index in [1.807, 2.05) is 35.0 Å². The molecule has 1 aliphatic rings. The fraction of sp³-hybridized carbons (Fsp3) is 0.375. The molecule has 1 aliphatic heterocycles. The van der Waals surface area contributed by atoms with Gasteiger partial charge in [-0.1, -0.05) is 17.7 Å². The van der Waals surface area contributed by atoms with Crippen LogP contribution in [0.5, 0.6) is 0 Å². The van der Waals surface area contributed by atoms with Gasteiger partial charge in [-0.15, -0.1) is 0 Å². The van der Waals surface area contributed by atoms with Crippen LogP contribution >= 0.6 is 11.6 Å². The van der Waals surface area contributed by atoms with Crippen molar-refractivity contribution in [1.82, 2.24) is 9.47 Å². The number of fused-ring (bicyclic) bond motifs is 1. The van der Waals surface area contributed by atoms with E-state index in [0.717, 1.165) is 17.3 Å². The number of hydrogen-bond donors (Lipinski definition) is 1. The third kappa shape index (κ3) is 2.95. The van der Waals surface area contributed by atoms with Crippen molar-refractivity contribution >= 4 is 34.4 Å². The Kier molecular flexibility index (Phi) is 4.07. The summed E-state index contributed by atoms with van der Waals surface area (Å²) in [6, 6.07) is 7.51. The molecule has 0 bridgehead atoms. The molecule has 1 N–H and O–H groups in total. The number of halogens is 1. The molecule has 0 spiro atoms. The second-order valence-electron chi connectivity index (χ2n) is 5.66. The summed E-state index contributed by atoms with van der Waals surface area (Å²) in [6.45, 7) is 1.13. The van der Waals surface area contributed by atoms with E-state index in [2.05, 4.69) is 0 Å². The zero-order valence-corrected chi connectivity index (χ0v) is 12.8. The highest BCUT2D eigenvalue weighted by atomic mass is 35.5. The molecule has 116 valence electrons. The lowest BCUT2D eigenvalue weighted by Gasteiger charge is -2.30. The molecule has 1 unspecified atom stereocenters. The number of carboxylic acid groups (broad SMARTS) is 1. The molecular formula is C16H17ClN2O3. The van der Waals surface area contributed by atoms with Crippen LogP contribution in [0.25, 0.3) is 10.9 Å². The number of amides is 1. The summed E-state index contributed by atoms with van der Waals surface area (Å²) >= 11 is 6.01. The van der Waals surface area contributed by atoms with Crippen molar-refractivity contribution in [3.8, 4) is 0 Å². The van der Waals surface area contributed by atoms with E-state index in [-0.39, 0.29) is 12.5 Å². The normalized spacial score (nSPS) is 18.6. The van der Waals surface area contributed by atoms with E-state index in [1.165, 1.54) is 0 Å². The van der Waals surface area contributed by atoms with Gasteiger partial charge in [0.25, 0.3) is 0 Å². The maximum Gasteiger partial charge on any atom is 0.308 e. The van der Waals surface area contributed by atoms with Gasteiger partial charge in [-0.3, -0.25) is 9.59 Å². The van der Waals surface area contributed by atoms with Crippen molar-refractivity contribution in [3.05, 3.63) is 35.5 Å². The van der Waals surface area contributed by atoms with Crippen molar-refractivity contribution in [3.63, 3.8) is 0 Å². The second-order valence-corrected chi connectivity index (χ2v) is 6.10. The minimum Gasteiger partial charge on any atom is -0.481 e. The van der Waals surface area contributed by atoms with Crippen LogP contribution in [-0.4, -0.2) is 39.5 Å². The van der Waals surface area contributed by atoms with Crippen molar-refractivity contribution < 1.29 is 14.7 Å². The van der Waals surface area contributed by atoms with Gasteiger partial charge in [-0.05, 0) is 36.4 Å². The monoisotopic (exact) mass is 320 g/mol. The van der Waals surface area contributed by atoms with Crippen LogP contribution in [0.3, 0.4) is 0 Å². The molecule has 1 atom stereocenters. The molecular weight excluding hydrogens is 304 g/mol. The Labute approximate surface area is 133 Å². The molecule has 5 nitrogen and oxygen atoms in total. The Bertz CT molecular complexity index is 725. The Morgan fingerprint density at radius 2 is 2.14 bits per heavy atom. The third-order valence-electron chi connectivity index (χ3n) is 4.16. The molecule has 6 heteroatoms. The number of carbonyl (C=O) groups is 2. The smallest absolute Gasteiger partial charge is 0.308 e.